The van der Waals surface area contributed by atoms with E-state index in [1.165, 1.54) is 0 Å². The molecule has 20 heavy (non-hydrogen) atoms. The van der Waals surface area contributed by atoms with Crippen LogP contribution in [0.5, 0.6) is 0 Å². The fraction of sp³-hybridized carbons (Fsp3) is 0.571. The van der Waals surface area contributed by atoms with Crippen LogP contribution >= 0.6 is 0 Å². The molecule has 0 saturated carbocycles. The second-order valence-electron chi connectivity index (χ2n) is 5.36. The van der Waals surface area contributed by atoms with Gasteiger partial charge in [0.15, 0.2) is 5.69 Å². The van der Waals surface area contributed by atoms with Gasteiger partial charge in [-0.2, -0.15) is 0 Å². The third-order valence-electron chi connectivity index (χ3n) is 3.50. The molecule has 112 valence electrons. The van der Waals surface area contributed by atoms with E-state index in [2.05, 4.69) is 25.8 Å². The van der Waals surface area contributed by atoms with Crippen LogP contribution in [0.2, 0.25) is 0 Å². The van der Waals surface area contributed by atoms with Crippen LogP contribution in [-0.2, 0) is 0 Å². The summed E-state index contributed by atoms with van der Waals surface area (Å²) in [5.41, 5.74) is 1.47. The Morgan fingerprint density at radius 1 is 1.35 bits per heavy atom. The molecule has 0 fully saturated rings. The fourth-order valence-corrected chi connectivity index (χ4v) is 2.43. The van der Waals surface area contributed by atoms with Crippen molar-refractivity contribution in [2.75, 3.05) is 12.2 Å². The summed E-state index contributed by atoms with van der Waals surface area (Å²) in [4.78, 5) is 18.7. The molecule has 0 aliphatic rings. The predicted molar refractivity (Wildman–Crippen MR) is 80.8 cm³/mol. The van der Waals surface area contributed by atoms with Gasteiger partial charge in [0.25, 0.3) is 5.91 Å². The van der Waals surface area contributed by atoms with Crippen molar-refractivity contribution in [1.82, 2.24) is 9.88 Å². The molecule has 0 radical (unpaired) electrons. The van der Waals surface area contributed by atoms with Crippen LogP contribution in [0.4, 0.5) is 5.69 Å². The van der Waals surface area contributed by atoms with Crippen molar-refractivity contribution in [2.24, 2.45) is 17.6 Å². The Morgan fingerprint density at radius 3 is 2.40 bits per heavy atom. The van der Waals surface area contributed by atoms with Crippen LogP contribution in [0, 0.1) is 12.8 Å². The Balaban J connectivity index is 3.16. The number of hydrogen-bond acceptors (Lipinski definition) is 5. The van der Waals surface area contributed by atoms with Crippen molar-refractivity contribution in [3.63, 3.8) is 0 Å². The monoisotopic (exact) mass is 279 g/mol. The standard InChI is InChI=1S/C14H25N5O/c1-6-11(9(2)3)18(5)14(20)13-12(19(15)16)8-7-10(4)17-13/h7-9,11H,6,15-16H2,1-5H3. The number of aromatic nitrogens is 1. The lowest BCUT2D eigenvalue weighted by atomic mass is 10.00. The first kappa shape index (κ1) is 16.4. The summed E-state index contributed by atoms with van der Waals surface area (Å²) >= 11 is 0. The first-order chi connectivity index (χ1) is 9.29. The third kappa shape index (κ3) is 3.46. The SMILES string of the molecule is CCC(C(C)C)N(C)C(=O)c1nc(C)ccc1N(N)N. The molecule has 0 aromatic carbocycles. The van der Waals surface area contributed by atoms with E-state index in [-0.39, 0.29) is 17.6 Å². The van der Waals surface area contributed by atoms with Gasteiger partial charge in [-0.05, 0) is 31.4 Å². The summed E-state index contributed by atoms with van der Waals surface area (Å²) in [5, 5.41) is 0.934. The summed E-state index contributed by atoms with van der Waals surface area (Å²) < 4.78 is 0. The molecule has 0 aliphatic carbocycles. The van der Waals surface area contributed by atoms with E-state index in [4.69, 9.17) is 11.7 Å². The number of nitrogens with two attached hydrogens (primary N) is 2. The average Bonchev–Trinajstić information content (AvgIpc) is 2.37. The lowest BCUT2D eigenvalue weighted by molar-refractivity contribution is 0.0678. The minimum Gasteiger partial charge on any atom is -0.337 e. The lowest BCUT2D eigenvalue weighted by Gasteiger charge is -2.31. The summed E-state index contributed by atoms with van der Waals surface area (Å²) in [6.45, 7) is 8.09. The topological polar surface area (TPSA) is 88.5 Å². The van der Waals surface area contributed by atoms with Gasteiger partial charge in [-0.15, -0.1) is 0 Å². The van der Waals surface area contributed by atoms with Crippen LogP contribution in [-0.4, -0.2) is 28.9 Å². The average molecular weight is 279 g/mol. The van der Waals surface area contributed by atoms with Crippen molar-refractivity contribution in [3.05, 3.63) is 23.5 Å². The number of hydrazine groups is 2. The van der Waals surface area contributed by atoms with Gasteiger partial charge in [-0.25, -0.2) is 21.8 Å². The minimum atomic E-state index is -0.162. The highest BCUT2D eigenvalue weighted by Gasteiger charge is 2.26. The molecular formula is C14H25N5O. The number of carbonyl (C=O) groups excluding carboxylic acids is 1. The molecule has 1 unspecified atom stereocenters. The molecule has 1 heterocycles. The number of amides is 1. The van der Waals surface area contributed by atoms with E-state index in [0.717, 1.165) is 17.2 Å². The van der Waals surface area contributed by atoms with E-state index in [9.17, 15) is 4.79 Å². The Kier molecular flexibility index (Phi) is 5.47. The van der Waals surface area contributed by atoms with Crippen molar-refractivity contribution in [1.29, 1.82) is 0 Å². The number of anilines is 1. The number of aryl methyl sites for hydroxylation is 1. The molecule has 0 aliphatic heterocycles. The molecule has 1 atom stereocenters. The van der Waals surface area contributed by atoms with E-state index in [0.29, 0.717) is 11.6 Å². The lowest BCUT2D eigenvalue weighted by Crippen LogP contribution is -2.43. The Labute approximate surface area is 120 Å². The van der Waals surface area contributed by atoms with E-state index < -0.39 is 0 Å². The normalized spacial score (nSPS) is 12.4. The second kappa shape index (κ2) is 6.67. The van der Waals surface area contributed by atoms with Gasteiger partial charge in [0, 0.05) is 18.8 Å². The predicted octanol–water partition coefficient (Wildman–Crippen LogP) is 1.45. The molecule has 6 nitrogen and oxygen atoms in total. The molecule has 1 aromatic rings. The second-order valence-corrected chi connectivity index (χ2v) is 5.36. The van der Waals surface area contributed by atoms with Crippen molar-refractivity contribution >= 4 is 11.6 Å². The summed E-state index contributed by atoms with van der Waals surface area (Å²) in [6.07, 6.45) is 0.885. The number of nitrogens with zero attached hydrogens (tertiary/aromatic N) is 3. The van der Waals surface area contributed by atoms with Gasteiger partial charge in [-0.1, -0.05) is 20.8 Å². The van der Waals surface area contributed by atoms with Crippen molar-refractivity contribution in [2.45, 2.75) is 40.2 Å². The minimum absolute atomic E-state index is 0.154. The van der Waals surface area contributed by atoms with Gasteiger partial charge >= 0.3 is 0 Å². The molecule has 0 bridgehead atoms. The number of pyridine rings is 1. The maximum atomic E-state index is 12.7. The zero-order chi connectivity index (χ0) is 15.4. The third-order valence-corrected chi connectivity index (χ3v) is 3.50. The Bertz CT molecular complexity index is 473. The first-order valence-electron chi connectivity index (χ1n) is 6.83. The summed E-state index contributed by atoms with van der Waals surface area (Å²) in [5.74, 6) is 11.4. The fourth-order valence-electron chi connectivity index (χ4n) is 2.43. The van der Waals surface area contributed by atoms with Crippen LogP contribution in [0.1, 0.15) is 43.4 Å². The van der Waals surface area contributed by atoms with E-state index in [1.54, 1.807) is 24.1 Å². The molecule has 0 spiro atoms. The Hall–Kier alpha value is -1.66. The van der Waals surface area contributed by atoms with Gasteiger partial charge in [0.05, 0.1) is 0 Å². The van der Waals surface area contributed by atoms with Crippen LogP contribution in [0.25, 0.3) is 0 Å². The zero-order valence-corrected chi connectivity index (χ0v) is 12.9. The van der Waals surface area contributed by atoms with E-state index >= 15 is 0 Å². The Morgan fingerprint density at radius 2 is 1.95 bits per heavy atom. The van der Waals surface area contributed by atoms with Crippen LogP contribution in [0.15, 0.2) is 12.1 Å². The number of rotatable bonds is 5. The van der Waals surface area contributed by atoms with Gasteiger partial charge < -0.3 is 4.90 Å². The molecule has 0 saturated heterocycles. The maximum absolute atomic E-state index is 12.7. The molecule has 1 rings (SSSR count). The molecular weight excluding hydrogens is 254 g/mol. The van der Waals surface area contributed by atoms with Gasteiger partial charge in [-0.3, -0.25) is 4.79 Å². The van der Waals surface area contributed by atoms with Gasteiger partial charge in [0.2, 0.25) is 0 Å². The van der Waals surface area contributed by atoms with E-state index in [1.807, 2.05) is 6.92 Å². The van der Waals surface area contributed by atoms with Crippen LogP contribution in [0.3, 0.4) is 0 Å². The highest BCUT2D eigenvalue weighted by molar-refractivity contribution is 5.97. The smallest absolute Gasteiger partial charge is 0.274 e. The maximum Gasteiger partial charge on any atom is 0.274 e. The summed E-state index contributed by atoms with van der Waals surface area (Å²) in [6, 6.07) is 3.64. The first-order valence-corrected chi connectivity index (χ1v) is 6.83. The molecule has 1 amide bonds. The number of carbonyl (C=O) groups is 1. The number of hydrogen-bond donors (Lipinski definition) is 2. The zero-order valence-electron chi connectivity index (χ0n) is 12.9. The van der Waals surface area contributed by atoms with Gasteiger partial charge in [0.1, 0.15) is 5.69 Å². The highest BCUT2D eigenvalue weighted by Crippen LogP contribution is 2.20. The van der Waals surface area contributed by atoms with Crippen molar-refractivity contribution in [3.8, 4) is 0 Å². The quantitative estimate of drug-likeness (QED) is 0.629. The van der Waals surface area contributed by atoms with Crippen molar-refractivity contribution < 1.29 is 4.79 Å². The largest absolute Gasteiger partial charge is 0.337 e. The molecule has 6 heteroatoms. The highest BCUT2D eigenvalue weighted by atomic mass is 16.2. The molecule has 1 aromatic heterocycles. The van der Waals surface area contributed by atoms with Crippen LogP contribution < -0.4 is 16.8 Å². The summed E-state index contributed by atoms with van der Waals surface area (Å²) in [7, 11) is 1.79. The molecule has 4 N–H and O–H groups in total.